The monoisotopic (exact) mass is 280 g/mol. The molecule has 0 spiro atoms. The summed E-state index contributed by atoms with van der Waals surface area (Å²) in [7, 11) is 1.49. The van der Waals surface area contributed by atoms with Crippen molar-refractivity contribution in [3.8, 4) is 5.75 Å². The van der Waals surface area contributed by atoms with Gasteiger partial charge in [-0.15, -0.1) is 0 Å². The zero-order chi connectivity index (χ0) is 12.2. The summed E-state index contributed by atoms with van der Waals surface area (Å²) in [6.45, 7) is 1.96. The van der Waals surface area contributed by atoms with Crippen molar-refractivity contribution < 1.29 is 13.2 Å². The molecule has 0 aliphatic rings. The van der Waals surface area contributed by atoms with E-state index in [4.69, 9.17) is 27.0 Å². The molecule has 0 fully saturated rings. The molecule has 0 amide bonds. The molecule has 88 valence electrons. The molecule has 0 unspecified atom stereocenters. The van der Waals surface area contributed by atoms with Crippen LogP contribution in [0.2, 0.25) is 0 Å². The van der Waals surface area contributed by atoms with Crippen LogP contribution in [0.1, 0.15) is 5.56 Å². The molecule has 0 aromatic heterocycles. The van der Waals surface area contributed by atoms with Crippen LogP contribution in [0, 0.1) is 6.92 Å². The summed E-state index contributed by atoms with van der Waals surface area (Å²) in [5.41, 5.74) is 2.09. The smallest absolute Gasteiger partial charge is 0.264 e. The van der Waals surface area contributed by atoms with E-state index in [1.54, 1.807) is 25.1 Å². The third kappa shape index (κ3) is 3.70. The highest BCUT2D eigenvalue weighted by atomic mass is 35.7. The number of hydrogen-bond acceptors (Lipinski definition) is 3. The minimum Gasteiger partial charge on any atom is -0.488 e. The highest BCUT2D eigenvalue weighted by molar-refractivity contribution is 8.13. The zero-order valence-electron chi connectivity index (χ0n) is 8.48. The Labute approximate surface area is 104 Å². The molecule has 0 radical (unpaired) electrons. The molecule has 0 aliphatic carbocycles. The van der Waals surface area contributed by atoms with E-state index in [0.717, 1.165) is 5.56 Å². The third-order valence-electron chi connectivity index (χ3n) is 1.79. The van der Waals surface area contributed by atoms with Gasteiger partial charge in [-0.3, -0.25) is 0 Å². The molecule has 3 nitrogen and oxygen atoms in total. The van der Waals surface area contributed by atoms with Crippen molar-refractivity contribution in [2.75, 3.05) is 6.61 Å². The zero-order valence-corrected chi connectivity index (χ0v) is 10.8. The van der Waals surface area contributed by atoms with Crippen LogP contribution in [-0.4, -0.2) is 15.0 Å². The number of benzene rings is 1. The van der Waals surface area contributed by atoms with E-state index in [9.17, 15) is 8.42 Å². The fourth-order valence-corrected chi connectivity index (χ4v) is 2.23. The lowest BCUT2D eigenvalue weighted by atomic mass is 10.2. The summed E-state index contributed by atoms with van der Waals surface area (Å²) in [6.07, 6.45) is 1.55. The van der Waals surface area contributed by atoms with Gasteiger partial charge in [0.1, 0.15) is 17.3 Å². The number of hydrogen-bond donors (Lipinski definition) is 0. The van der Waals surface area contributed by atoms with Gasteiger partial charge in [-0.05, 0) is 30.7 Å². The van der Waals surface area contributed by atoms with Gasteiger partial charge in [0.15, 0.2) is 0 Å². The maximum absolute atomic E-state index is 11.3. The SMILES string of the molecule is Cc1ccc(OC/C=C/Cl)c(S(=O)(=O)Cl)c1. The molecule has 0 atom stereocenters. The van der Waals surface area contributed by atoms with Crippen LogP contribution < -0.4 is 4.74 Å². The van der Waals surface area contributed by atoms with Crippen molar-refractivity contribution in [1.29, 1.82) is 0 Å². The Morgan fingerprint density at radius 3 is 2.69 bits per heavy atom. The largest absolute Gasteiger partial charge is 0.488 e. The lowest BCUT2D eigenvalue weighted by molar-refractivity contribution is 0.353. The summed E-state index contributed by atoms with van der Waals surface area (Å²) in [5, 5.41) is 0. The first-order valence-corrected chi connectivity index (χ1v) is 7.13. The Morgan fingerprint density at radius 2 is 2.12 bits per heavy atom. The first-order chi connectivity index (χ1) is 7.45. The van der Waals surface area contributed by atoms with E-state index in [2.05, 4.69) is 0 Å². The normalized spacial score (nSPS) is 11.9. The molecule has 1 aromatic rings. The second kappa shape index (κ2) is 5.57. The summed E-state index contributed by atoms with van der Waals surface area (Å²) in [6, 6.07) is 4.76. The lowest BCUT2D eigenvalue weighted by Crippen LogP contribution is -2.00. The average Bonchev–Trinajstić information content (AvgIpc) is 2.19. The van der Waals surface area contributed by atoms with Gasteiger partial charge in [0.2, 0.25) is 0 Å². The molecule has 16 heavy (non-hydrogen) atoms. The van der Waals surface area contributed by atoms with E-state index in [1.807, 2.05) is 0 Å². The summed E-state index contributed by atoms with van der Waals surface area (Å²) < 4.78 is 27.8. The van der Waals surface area contributed by atoms with Crippen molar-refractivity contribution in [2.24, 2.45) is 0 Å². The second-order valence-corrected chi connectivity index (χ2v) is 5.85. The van der Waals surface area contributed by atoms with Crippen molar-refractivity contribution in [1.82, 2.24) is 0 Å². The lowest BCUT2D eigenvalue weighted by Gasteiger charge is -2.08. The molecular formula is C10H10Cl2O3S. The first kappa shape index (κ1) is 13.4. The Bertz CT molecular complexity index is 495. The highest BCUT2D eigenvalue weighted by Gasteiger charge is 2.16. The minimum atomic E-state index is -3.80. The Kier molecular flexibility index (Phi) is 4.65. The van der Waals surface area contributed by atoms with Gasteiger partial charge in [0.05, 0.1) is 0 Å². The van der Waals surface area contributed by atoms with Gasteiger partial charge < -0.3 is 4.74 Å². The molecule has 0 saturated carbocycles. The standard InChI is InChI=1S/C10H10Cl2O3S/c1-8-3-4-9(15-6-2-5-11)10(7-8)16(12,13)14/h2-5,7H,6H2,1H3/b5-2+. The molecule has 0 heterocycles. The van der Waals surface area contributed by atoms with Gasteiger partial charge in [-0.2, -0.15) is 0 Å². The average molecular weight is 281 g/mol. The molecule has 0 saturated heterocycles. The summed E-state index contributed by atoms with van der Waals surface area (Å²) in [4.78, 5) is -0.0304. The van der Waals surface area contributed by atoms with Gasteiger partial charge in [0.25, 0.3) is 9.05 Å². The molecule has 6 heteroatoms. The molecule has 1 aromatic carbocycles. The van der Waals surface area contributed by atoms with Crippen LogP contribution in [0.3, 0.4) is 0 Å². The van der Waals surface area contributed by atoms with Crippen molar-refractivity contribution in [2.45, 2.75) is 11.8 Å². The van der Waals surface area contributed by atoms with Crippen LogP contribution in [0.15, 0.2) is 34.7 Å². The summed E-state index contributed by atoms with van der Waals surface area (Å²) in [5.74, 6) is 0.218. The Balaban J connectivity index is 3.08. The van der Waals surface area contributed by atoms with Gasteiger partial charge in [-0.1, -0.05) is 17.7 Å². The van der Waals surface area contributed by atoms with E-state index < -0.39 is 9.05 Å². The first-order valence-electron chi connectivity index (χ1n) is 4.38. The molecule has 0 aliphatic heterocycles. The van der Waals surface area contributed by atoms with Crippen LogP contribution in [0.25, 0.3) is 0 Å². The van der Waals surface area contributed by atoms with Crippen LogP contribution >= 0.6 is 22.3 Å². The quantitative estimate of drug-likeness (QED) is 0.797. The fraction of sp³-hybridized carbons (Fsp3) is 0.200. The predicted molar refractivity (Wildman–Crippen MR) is 64.7 cm³/mol. The van der Waals surface area contributed by atoms with E-state index in [-0.39, 0.29) is 17.3 Å². The van der Waals surface area contributed by atoms with Crippen molar-refractivity contribution >= 4 is 31.3 Å². The molecule has 1 rings (SSSR count). The van der Waals surface area contributed by atoms with Crippen LogP contribution in [0.5, 0.6) is 5.75 Å². The maximum atomic E-state index is 11.3. The third-order valence-corrected chi connectivity index (χ3v) is 3.31. The van der Waals surface area contributed by atoms with Crippen molar-refractivity contribution in [3.05, 3.63) is 35.4 Å². The van der Waals surface area contributed by atoms with Gasteiger partial charge >= 0.3 is 0 Å². The van der Waals surface area contributed by atoms with E-state index in [0.29, 0.717) is 0 Å². The maximum Gasteiger partial charge on any atom is 0.264 e. The van der Waals surface area contributed by atoms with E-state index in [1.165, 1.54) is 11.6 Å². The molecular weight excluding hydrogens is 271 g/mol. The minimum absolute atomic E-state index is 0.0304. The van der Waals surface area contributed by atoms with Gasteiger partial charge in [0, 0.05) is 16.2 Å². The van der Waals surface area contributed by atoms with Crippen molar-refractivity contribution in [3.63, 3.8) is 0 Å². The Morgan fingerprint density at radius 1 is 1.44 bits per heavy atom. The number of rotatable bonds is 4. The molecule has 0 N–H and O–H groups in total. The number of ether oxygens (including phenoxy) is 1. The topological polar surface area (TPSA) is 43.4 Å². The predicted octanol–water partition coefficient (Wildman–Crippen LogP) is 3.05. The molecule has 0 bridgehead atoms. The number of aryl methyl sites for hydroxylation is 1. The van der Waals surface area contributed by atoms with Gasteiger partial charge in [-0.25, -0.2) is 8.42 Å². The van der Waals surface area contributed by atoms with Crippen LogP contribution in [0.4, 0.5) is 0 Å². The van der Waals surface area contributed by atoms with E-state index >= 15 is 0 Å². The summed E-state index contributed by atoms with van der Waals surface area (Å²) >= 11 is 5.32. The second-order valence-electron chi connectivity index (χ2n) is 3.06. The number of halogens is 2. The Hall–Kier alpha value is -0.710. The van der Waals surface area contributed by atoms with Crippen LogP contribution in [-0.2, 0) is 9.05 Å². The highest BCUT2D eigenvalue weighted by Crippen LogP contribution is 2.27. The fourth-order valence-electron chi connectivity index (χ4n) is 1.10.